The Hall–Kier alpha value is -2.51. The average molecular weight is 449 g/mol. The summed E-state index contributed by atoms with van der Waals surface area (Å²) in [7, 11) is 0. The van der Waals surface area contributed by atoms with Gasteiger partial charge in [-0.15, -0.1) is 0 Å². The fraction of sp³-hybridized carbons (Fsp3) is 0.583. The molecule has 2 aromatic rings. The van der Waals surface area contributed by atoms with Crippen molar-refractivity contribution in [2.75, 3.05) is 18.4 Å². The van der Waals surface area contributed by atoms with Gasteiger partial charge in [0, 0.05) is 31.1 Å². The molecule has 1 aromatic heterocycles. The molecular weight excluding hydrogens is 417 g/mol. The number of likely N-dealkylation sites (tertiary alicyclic amines) is 1. The summed E-state index contributed by atoms with van der Waals surface area (Å²) < 4.78 is 42.6. The average Bonchev–Trinajstić information content (AvgIpc) is 3.38. The van der Waals surface area contributed by atoms with Crippen molar-refractivity contribution in [2.45, 2.75) is 70.6 Å². The molecule has 1 aromatic carbocycles. The Balaban J connectivity index is 1.53. The fourth-order valence-corrected chi connectivity index (χ4v) is 4.72. The third kappa shape index (κ3) is 4.36. The summed E-state index contributed by atoms with van der Waals surface area (Å²) in [6, 6.07) is 9.42. The topological polar surface area (TPSA) is 50.2 Å². The summed E-state index contributed by atoms with van der Waals surface area (Å²) in [5, 5.41) is 7.67. The maximum atomic E-state index is 13.8. The number of hydrogen-bond acceptors (Lipinski definition) is 3. The molecule has 2 aliphatic heterocycles. The zero-order valence-corrected chi connectivity index (χ0v) is 19.0. The van der Waals surface area contributed by atoms with E-state index in [0.29, 0.717) is 31.0 Å². The molecule has 0 unspecified atom stereocenters. The van der Waals surface area contributed by atoms with E-state index in [1.807, 2.05) is 62.9 Å². The molecule has 4 atom stereocenters. The van der Waals surface area contributed by atoms with E-state index in [-0.39, 0.29) is 35.6 Å². The molecule has 2 aliphatic rings. The van der Waals surface area contributed by atoms with Crippen LogP contribution in [-0.4, -0.2) is 45.9 Å². The number of aromatic nitrogens is 2. The van der Waals surface area contributed by atoms with Crippen molar-refractivity contribution in [1.82, 2.24) is 14.7 Å². The van der Waals surface area contributed by atoms with E-state index < -0.39 is 12.2 Å². The van der Waals surface area contributed by atoms with Crippen LogP contribution < -0.4 is 5.32 Å². The van der Waals surface area contributed by atoms with E-state index in [9.17, 15) is 18.0 Å². The number of nitrogens with one attached hydrogen (secondary N) is 1. The van der Waals surface area contributed by atoms with Gasteiger partial charge < -0.3 is 10.2 Å². The van der Waals surface area contributed by atoms with E-state index in [4.69, 9.17) is 0 Å². The molecule has 1 N–H and O–H groups in total. The number of anilines is 1. The third-order valence-electron chi connectivity index (χ3n) is 6.84. The number of benzene rings is 1. The summed E-state index contributed by atoms with van der Waals surface area (Å²) >= 11 is 0. The molecule has 1 saturated heterocycles. The van der Waals surface area contributed by atoms with Gasteiger partial charge >= 0.3 is 6.18 Å². The summed E-state index contributed by atoms with van der Waals surface area (Å²) in [6.07, 6.45) is -3.72. The Morgan fingerprint density at radius 1 is 1.19 bits per heavy atom. The van der Waals surface area contributed by atoms with Crippen molar-refractivity contribution in [1.29, 1.82) is 0 Å². The molecule has 0 radical (unpaired) electrons. The first-order valence-corrected chi connectivity index (χ1v) is 11.2. The molecule has 8 heteroatoms. The van der Waals surface area contributed by atoms with E-state index in [0.717, 1.165) is 10.2 Å². The normalized spacial score (nSPS) is 24.7. The van der Waals surface area contributed by atoms with Crippen LogP contribution in [0, 0.1) is 5.41 Å². The number of fused-ring (bicyclic) bond motifs is 1. The number of rotatable bonds is 3. The van der Waals surface area contributed by atoms with Crippen LogP contribution in [0.3, 0.4) is 0 Å². The zero-order valence-electron chi connectivity index (χ0n) is 19.0. The van der Waals surface area contributed by atoms with Gasteiger partial charge in [0.2, 0.25) is 5.91 Å². The number of halogens is 3. The minimum Gasteiger partial charge on any atom is -0.367 e. The van der Waals surface area contributed by atoms with Gasteiger partial charge in [0.1, 0.15) is 5.82 Å². The van der Waals surface area contributed by atoms with Crippen LogP contribution in [-0.2, 0) is 4.79 Å². The number of nitrogens with zero attached hydrogens (tertiary/aromatic N) is 3. The second-order valence-electron chi connectivity index (χ2n) is 10.2. The standard InChI is InChI=1S/C24H31F3N4O/c1-15(16-8-6-5-7-9-16)22(32)30-11-10-17(14-30)18-12-21-28-19(23(2,3)4)13-20(24(25,26)27)31(21)29-18/h5-9,12,15,17,19-20,28H,10-11,13-14H2,1-4H3/t15-,17-,19+,20+/m0/s1. The lowest BCUT2D eigenvalue weighted by Crippen LogP contribution is -2.44. The monoisotopic (exact) mass is 448 g/mol. The summed E-state index contributed by atoms with van der Waals surface area (Å²) in [4.78, 5) is 14.8. The smallest absolute Gasteiger partial charge is 0.367 e. The Labute approximate surface area is 187 Å². The number of carbonyl (C=O) groups is 1. The highest BCUT2D eigenvalue weighted by Crippen LogP contribution is 2.44. The van der Waals surface area contributed by atoms with Gasteiger partial charge in [0.15, 0.2) is 6.04 Å². The third-order valence-corrected chi connectivity index (χ3v) is 6.84. The van der Waals surface area contributed by atoms with Crippen molar-refractivity contribution in [3.8, 4) is 0 Å². The molecular formula is C24H31F3N4O. The molecule has 1 amide bonds. The predicted octanol–water partition coefficient (Wildman–Crippen LogP) is 5.34. The molecule has 32 heavy (non-hydrogen) atoms. The lowest BCUT2D eigenvalue weighted by atomic mass is 9.82. The Bertz CT molecular complexity index is 964. The molecule has 0 bridgehead atoms. The molecule has 3 heterocycles. The maximum absolute atomic E-state index is 13.8. The van der Waals surface area contributed by atoms with E-state index >= 15 is 0 Å². The van der Waals surface area contributed by atoms with Crippen LogP contribution in [0.1, 0.15) is 69.7 Å². The molecule has 0 spiro atoms. The Kier molecular flexibility index (Phi) is 5.75. The van der Waals surface area contributed by atoms with Gasteiger partial charge in [-0.25, -0.2) is 4.68 Å². The van der Waals surface area contributed by atoms with Crippen LogP contribution in [0.5, 0.6) is 0 Å². The number of carbonyl (C=O) groups excluding carboxylic acids is 1. The van der Waals surface area contributed by atoms with E-state index in [1.54, 1.807) is 6.07 Å². The second kappa shape index (κ2) is 8.12. The van der Waals surface area contributed by atoms with Crippen LogP contribution in [0.4, 0.5) is 19.0 Å². The number of hydrogen-bond donors (Lipinski definition) is 1. The van der Waals surface area contributed by atoms with Gasteiger partial charge in [0.05, 0.1) is 11.6 Å². The zero-order chi connectivity index (χ0) is 23.3. The van der Waals surface area contributed by atoms with Crippen LogP contribution in [0.2, 0.25) is 0 Å². The van der Waals surface area contributed by atoms with E-state index in [2.05, 4.69) is 10.4 Å². The lowest BCUT2D eigenvalue weighted by Gasteiger charge is -2.39. The van der Waals surface area contributed by atoms with Gasteiger partial charge in [-0.1, -0.05) is 51.1 Å². The van der Waals surface area contributed by atoms with Gasteiger partial charge in [-0.05, 0) is 30.7 Å². The fourth-order valence-electron chi connectivity index (χ4n) is 4.72. The molecule has 0 aliphatic carbocycles. The largest absolute Gasteiger partial charge is 0.410 e. The van der Waals surface area contributed by atoms with Gasteiger partial charge in [-0.3, -0.25) is 4.79 Å². The second-order valence-corrected chi connectivity index (χ2v) is 10.2. The first-order valence-electron chi connectivity index (χ1n) is 11.2. The van der Waals surface area contributed by atoms with Crippen LogP contribution in [0.25, 0.3) is 0 Å². The number of alkyl halides is 3. The lowest BCUT2D eigenvalue weighted by molar-refractivity contribution is -0.175. The van der Waals surface area contributed by atoms with Crippen molar-refractivity contribution < 1.29 is 18.0 Å². The highest BCUT2D eigenvalue weighted by molar-refractivity contribution is 5.83. The van der Waals surface area contributed by atoms with Gasteiger partial charge in [0.25, 0.3) is 0 Å². The molecule has 5 nitrogen and oxygen atoms in total. The van der Waals surface area contributed by atoms with Gasteiger partial charge in [-0.2, -0.15) is 18.3 Å². The summed E-state index contributed by atoms with van der Waals surface area (Å²) in [5.41, 5.74) is 1.27. The highest BCUT2D eigenvalue weighted by Gasteiger charge is 2.48. The van der Waals surface area contributed by atoms with Crippen molar-refractivity contribution >= 4 is 11.7 Å². The van der Waals surface area contributed by atoms with Crippen molar-refractivity contribution in [2.24, 2.45) is 5.41 Å². The minimum atomic E-state index is -4.37. The predicted molar refractivity (Wildman–Crippen MR) is 118 cm³/mol. The highest BCUT2D eigenvalue weighted by atomic mass is 19.4. The van der Waals surface area contributed by atoms with E-state index in [1.165, 1.54) is 0 Å². The number of amides is 1. The Morgan fingerprint density at radius 3 is 2.50 bits per heavy atom. The molecule has 1 fully saturated rings. The quantitative estimate of drug-likeness (QED) is 0.690. The van der Waals surface area contributed by atoms with Crippen molar-refractivity contribution in [3.63, 3.8) is 0 Å². The first kappa shape index (κ1) is 22.7. The summed E-state index contributed by atoms with van der Waals surface area (Å²) in [5.74, 6) is 0.135. The molecule has 0 saturated carbocycles. The summed E-state index contributed by atoms with van der Waals surface area (Å²) in [6.45, 7) is 8.79. The SMILES string of the molecule is C[C@H](C(=O)N1CC[C@H](c2cc3n(n2)[C@@H](C(F)(F)F)C[C@H](C(C)(C)C)N3)C1)c1ccccc1. The molecule has 4 rings (SSSR count). The molecule has 174 valence electrons. The maximum Gasteiger partial charge on any atom is 0.410 e. The van der Waals surface area contributed by atoms with Crippen LogP contribution in [0.15, 0.2) is 36.4 Å². The Morgan fingerprint density at radius 2 is 1.88 bits per heavy atom. The van der Waals surface area contributed by atoms with Crippen LogP contribution >= 0.6 is 0 Å². The first-order chi connectivity index (χ1) is 14.9. The van der Waals surface area contributed by atoms with Crippen molar-refractivity contribution in [3.05, 3.63) is 47.7 Å². The minimum absolute atomic E-state index is 0.0433.